The first kappa shape index (κ1) is 10.7. The summed E-state index contributed by atoms with van der Waals surface area (Å²) in [7, 11) is 1.53. The van der Waals surface area contributed by atoms with Crippen molar-refractivity contribution >= 4 is 23.4 Å². The summed E-state index contributed by atoms with van der Waals surface area (Å²) >= 11 is 1.21. The molecule has 0 aliphatic carbocycles. The van der Waals surface area contributed by atoms with Crippen LogP contribution < -0.4 is 10.5 Å². The van der Waals surface area contributed by atoms with Crippen LogP contribution in [-0.2, 0) is 4.79 Å². The van der Waals surface area contributed by atoms with Crippen molar-refractivity contribution in [3.63, 3.8) is 0 Å². The second-order valence-electron chi connectivity index (χ2n) is 2.59. The van der Waals surface area contributed by atoms with Crippen LogP contribution in [0.15, 0.2) is 23.1 Å². The maximum atomic E-state index is 10.4. The monoisotopic (exact) mass is 213 g/mol. The fourth-order valence-electron chi connectivity index (χ4n) is 0.943. The molecule has 4 nitrogen and oxygen atoms in total. The third kappa shape index (κ3) is 2.85. The van der Waals surface area contributed by atoms with Crippen molar-refractivity contribution in [2.75, 3.05) is 18.6 Å². The van der Waals surface area contributed by atoms with E-state index < -0.39 is 5.97 Å². The predicted octanol–water partition coefficient (Wildman–Crippen LogP) is 1.45. The lowest BCUT2D eigenvalue weighted by molar-refractivity contribution is -0.133. The van der Waals surface area contributed by atoms with Crippen molar-refractivity contribution in [2.45, 2.75) is 4.90 Å². The molecule has 1 rings (SSSR count). The predicted molar refractivity (Wildman–Crippen MR) is 55.8 cm³/mol. The van der Waals surface area contributed by atoms with Crippen LogP contribution in [0.1, 0.15) is 0 Å². The molecule has 0 saturated heterocycles. The number of carbonyl (C=O) groups is 1. The number of aliphatic carboxylic acids is 1. The highest BCUT2D eigenvalue weighted by Gasteiger charge is 2.06. The lowest BCUT2D eigenvalue weighted by Gasteiger charge is -2.07. The number of methoxy groups -OCH3 is 1. The number of carboxylic acid groups (broad SMARTS) is 1. The molecule has 1 aromatic carbocycles. The highest BCUT2D eigenvalue weighted by molar-refractivity contribution is 8.00. The minimum Gasteiger partial charge on any atom is -0.496 e. The Kier molecular flexibility index (Phi) is 3.64. The molecule has 0 spiro atoms. The number of hydrogen-bond acceptors (Lipinski definition) is 4. The van der Waals surface area contributed by atoms with Gasteiger partial charge >= 0.3 is 5.97 Å². The summed E-state index contributed by atoms with van der Waals surface area (Å²) in [5.74, 6) is -0.231. The third-order valence-electron chi connectivity index (χ3n) is 1.54. The summed E-state index contributed by atoms with van der Waals surface area (Å²) < 4.78 is 5.06. The van der Waals surface area contributed by atoms with Crippen molar-refractivity contribution < 1.29 is 14.6 Å². The normalized spacial score (nSPS) is 9.79. The van der Waals surface area contributed by atoms with Crippen LogP contribution in [0.5, 0.6) is 5.75 Å². The molecule has 0 aliphatic rings. The molecule has 14 heavy (non-hydrogen) atoms. The van der Waals surface area contributed by atoms with Gasteiger partial charge in [0.05, 0.1) is 17.8 Å². The van der Waals surface area contributed by atoms with E-state index in [2.05, 4.69) is 0 Å². The first-order chi connectivity index (χ1) is 6.63. The van der Waals surface area contributed by atoms with Gasteiger partial charge in [-0.25, -0.2) is 0 Å². The van der Waals surface area contributed by atoms with Crippen LogP contribution in [0.4, 0.5) is 5.69 Å². The Balaban J connectivity index is 2.80. The number of ether oxygens (including phenoxy) is 1. The zero-order chi connectivity index (χ0) is 10.6. The molecule has 0 amide bonds. The van der Waals surface area contributed by atoms with E-state index in [0.717, 1.165) is 4.90 Å². The lowest BCUT2D eigenvalue weighted by atomic mass is 10.3. The molecular weight excluding hydrogens is 202 g/mol. The number of nitrogen functional groups attached to an aromatic ring is 1. The summed E-state index contributed by atoms with van der Waals surface area (Å²) in [6.45, 7) is 0. The van der Waals surface area contributed by atoms with E-state index in [9.17, 15) is 4.79 Å². The van der Waals surface area contributed by atoms with Gasteiger partial charge in [0.2, 0.25) is 0 Å². The molecular formula is C9H11NO3S. The van der Waals surface area contributed by atoms with Gasteiger partial charge in [-0.2, -0.15) is 0 Å². The standard InChI is InChI=1S/C9H11NO3S/c1-13-7-4-6(10)2-3-8(7)14-5-9(11)12/h2-4H,5,10H2,1H3,(H,11,12). The first-order valence-corrected chi connectivity index (χ1v) is 4.90. The topological polar surface area (TPSA) is 72.5 Å². The van der Waals surface area contributed by atoms with Gasteiger partial charge in [0.15, 0.2) is 0 Å². The van der Waals surface area contributed by atoms with Crippen molar-refractivity contribution in [3.05, 3.63) is 18.2 Å². The molecule has 76 valence electrons. The second kappa shape index (κ2) is 4.76. The van der Waals surface area contributed by atoms with Crippen molar-refractivity contribution in [1.29, 1.82) is 0 Å². The van der Waals surface area contributed by atoms with E-state index >= 15 is 0 Å². The fourth-order valence-corrected chi connectivity index (χ4v) is 1.67. The molecule has 1 aromatic rings. The molecule has 0 aliphatic heterocycles. The van der Waals surface area contributed by atoms with Crippen molar-refractivity contribution in [2.24, 2.45) is 0 Å². The quantitative estimate of drug-likeness (QED) is 0.585. The lowest BCUT2D eigenvalue weighted by Crippen LogP contribution is -1.98. The Labute approximate surface area is 86.1 Å². The van der Waals surface area contributed by atoms with Gasteiger partial charge in [0.1, 0.15) is 5.75 Å². The minimum atomic E-state index is -0.853. The first-order valence-electron chi connectivity index (χ1n) is 3.91. The average molecular weight is 213 g/mol. The van der Waals surface area contributed by atoms with E-state index in [1.165, 1.54) is 18.9 Å². The number of hydrogen-bond donors (Lipinski definition) is 2. The maximum absolute atomic E-state index is 10.4. The molecule has 0 fully saturated rings. The van der Waals surface area contributed by atoms with Crippen LogP contribution in [0, 0.1) is 0 Å². The third-order valence-corrected chi connectivity index (χ3v) is 2.58. The Bertz CT molecular complexity index is 341. The van der Waals surface area contributed by atoms with Gasteiger partial charge in [0.25, 0.3) is 0 Å². The number of thioether (sulfide) groups is 1. The summed E-state index contributed by atoms with van der Waals surface area (Å²) in [5.41, 5.74) is 6.15. The van der Waals surface area contributed by atoms with Gasteiger partial charge in [-0.05, 0) is 12.1 Å². The smallest absolute Gasteiger partial charge is 0.313 e. The summed E-state index contributed by atoms with van der Waals surface area (Å²) in [6, 6.07) is 5.14. The highest BCUT2D eigenvalue weighted by Crippen LogP contribution is 2.30. The van der Waals surface area contributed by atoms with Gasteiger partial charge in [-0.15, -0.1) is 11.8 Å². The Hall–Kier alpha value is -1.36. The van der Waals surface area contributed by atoms with Crippen LogP contribution in [0.2, 0.25) is 0 Å². The molecule has 5 heteroatoms. The van der Waals surface area contributed by atoms with E-state index in [-0.39, 0.29) is 5.75 Å². The van der Waals surface area contributed by atoms with Crippen molar-refractivity contribution in [3.8, 4) is 5.75 Å². The number of rotatable bonds is 4. The summed E-state index contributed by atoms with van der Waals surface area (Å²) in [5, 5.41) is 8.51. The van der Waals surface area contributed by atoms with Crippen LogP contribution in [0.25, 0.3) is 0 Å². The number of nitrogens with two attached hydrogens (primary N) is 1. The Morgan fingerprint density at radius 1 is 1.64 bits per heavy atom. The molecule has 3 N–H and O–H groups in total. The molecule has 0 saturated carbocycles. The molecule has 0 aromatic heterocycles. The van der Waals surface area contributed by atoms with E-state index in [0.29, 0.717) is 11.4 Å². The zero-order valence-electron chi connectivity index (χ0n) is 7.69. The van der Waals surface area contributed by atoms with E-state index in [1.54, 1.807) is 18.2 Å². The number of benzene rings is 1. The van der Waals surface area contributed by atoms with Gasteiger partial charge in [-0.1, -0.05) is 0 Å². The minimum absolute atomic E-state index is 0.0142. The number of carboxylic acids is 1. The molecule has 0 atom stereocenters. The molecule has 0 heterocycles. The average Bonchev–Trinajstić information content (AvgIpc) is 2.15. The summed E-state index contributed by atoms with van der Waals surface area (Å²) in [4.78, 5) is 11.1. The van der Waals surface area contributed by atoms with Crippen LogP contribution in [-0.4, -0.2) is 23.9 Å². The Morgan fingerprint density at radius 3 is 2.93 bits per heavy atom. The fraction of sp³-hybridized carbons (Fsp3) is 0.222. The highest BCUT2D eigenvalue weighted by atomic mass is 32.2. The van der Waals surface area contributed by atoms with E-state index in [1.807, 2.05) is 0 Å². The SMILES string of the molecule is COc1cc(N)ccc1SCC(=O)O. The Morgan fingerprint density at radius 2 is 2.36 bits per heavy atom. The van der Waals surface area contributed by atoms with Gasteiger partial charge < -0.3 is 15.6 Å². The largest absolute Gasteiger partial charge is 0.496 e. The van der Waals surface area contributed by atoms with Gasteiger partial charge in [0, 0.05) is 11.8 Å². The number of anilines is 1. The van der Waals surface area contributed by atoms with Crippen LogP contribution >= 0.6 is 11.8 Å². The molecule has 0 bridgehead atoms. The molecule has 0 unspecified atom stereocenters. The van der Waals surface area contributed by atoms with E-state index in [4.69, 9.17) is 15.6 Å². The van der Waals surface area contributed by atoms with Crippen molar-refractivity contribution in [1.82, 2.24) is 0 Å². The summed E-state index contributed by atoms with van der Waals surface area (Å²) in [6.07, 6.45) is 0. The van der Waals surface area contributed by atoms with Gasteiger partial charge in [-0.3, -0.25) is 4.79 Å². The van der Waals surface area contributed by atoms with Crippen LogP contribution in [0.3, 0.4) is 0 Å². The zero-order valence-corrected chi connectivity index (χ0v) is 8.50. The maximum Gasteiger partial charge on any atom is 0.313 e. The molecule has 0 radical (unpaired) electrons. The second-order valence-corrected chi connectivity index (χ2v) is 3.61.